The standard InChI is InChI=1S/C12H17N3O/c16-12(11-5-1-2-7-14-11)15-9-10-4-3-6-13-8-10/h3-4,6,8,11,14H,1-2,5,7,9H2,(H,15,16)/t11-/m0/s1. The van der Waals surface area contributed by atoms with Crippen molar-refractivity contribution < 1.29 is 4.79 Å². The van der Waals surface area contributed by atoms with E-state index < -0.39 is 0 Å². The lowest BCUT2D eigenvalue weighted by atomic mass is 10.0. The van der Waals surface area contributed by atoms with Gasteiger partial charge < -0.3 is 10.6 Å². The lowest BCUT2D eigenvalue weighted by Crippen LogP contribution is -2.46. The van der Waals surface area contributed by atoms with E-state index in [4.69, 9.17) is 0 Å². The number of carbonyl (C=O) groups is 1. The molecule has 1 aliphatic heterocycles. The summed E-state index contributed by atoms with van der Waals surface area (Å²) in [4.78, 5) is 15.8. The Morgan fingerprint density at radius 3 is 3.19 bits per heavy atom. The monoisotopic (exact) mass is 219 g/mol. The third kappa shape index (κ3) is 3.03. The Labute approximate surface area is 95.5 Å². The number of amides is 1. The molecule has 1 fully saturated rings. The van der Waals surface area contributed by atoms with E-state index in [1.165, 1.54) is 6.42 Å². The Bertz CT molecular complexity index is 333. The highest BCUT2D eigenvalue weighted by molar-refractivity contribution is 5.81. The van der Waals surface area contributed by atoms with Crippen molar-refractivity contribution in [3.8, 4) is 0 Å². The van der Waals surface area contributed by atoms with E-state index in [-0.39, 0.29) is 11.9 Å². The number of rotatable bonds is 3. The fourth-order valence-electron chi connectivity index (χ4n) is 1.89. The summed E-state index contributed by atoms with van der Waals surface area (Å²) < 4.78 is 0. The smallest absolute Gasteiger partial charge is 0.237 e. The topological polar surface area (TPSA) is 54.0 Å². The molecule has 2 heterocycles. The normalized spacial score (nSPS) is 20.4. The van der Waals surface area contributed by atoms with Crippen molar-refractivity contribution in [1.29, 1.82) is 0 Å². The quantitative estimate of drug-likeness (QED) is 0.792. The van der Waals surface area contributed by atoms with Crippen LogP contribution in [0.15, 0.2) is 24.5 Å². The zero-order valence-electron chi connectivity index (χ0n) is 9.28. The maximum atomic E-state index is 11.8. The van der Waals surface area contributed by atoms with Gasteiger partial charge in [0.2, 0.25) is 5.91 Å². The van der Waals surface area contributed by atoms with Crippen molar-refractivity contribution in [1.82, 2.24) is 15.6 Å². The fourth-order valence-corrected chi connectivity index (χ4v) is 1.89. The second kappa shape index (κ2) is 5.61. The number of aromatic nitrogens is 1. The van der Waals surface area contributed by atoms with E-state index in [0.29, 0.717) is 6.54 Å². The van der Waals surface area contributed by atoms with Crippen molar-refractivity contribution in [3.05, 3.63) is 30.1 Å². The first-order chi connectivity index (χ1) is 7.86. The zero-order valence-corrected chi connectivity index (χ0v) is 9.28. The SMILES string of the molecule is O=C(NCc1cccnc1)[C@@H]1CCCCN1. The second-order valence-electron chi connectivity index (χ2n) is 4.08. The summed E-state index contributed by atoms with van der Waals surface area (Å²) in [5, 5.41) is 6.15. The molecule has 1 saturated heterocycles. The van der Waals surface area contributed by atoms with E-state index in [2.05, 4.69) is 15.6 Å². The van der Waals surface area contributed by atoms with Crippen LogP contribution in [0.25, 0.3) is 0 Å². The number of piperidine rings is 1. The Hall–Kier alpha value is -1.42. The van der Waals surface area contributed by atoms with Crippen LogP contribution in [0.3, 0.4) is 0 Å². The molecule has 0 saturated carbocycles. The molecule has 16 heavy (non-hydrogen) atoms. The van der Waals surface area contributed by atoms with Crippen LogP contribution in [0.4, 0.5) is 0 Å². The van der Waals surface area contributed by atoms with E-state index in [0.717, 1.165) is 24.9 Å². The number of hydrogen-bond donors (Lipinski definition) is 2. The molecule has 0 radical (unpaired) electrons. The molecule has 1 aromatic rings. The van der Waals surface area contributed by atoms with Gasteiger partial charge in [-0.2, -0.15) is 0 Å². The molecular weight excluding hydrogens is 202 g/mol. The highest BCUT2D eigenvalue weighted by Gasteiger charge is 2.19. The van der Waals surface area contributed by atoms with Crippen LogP contribution >= 0.6 is 0 Å². The van der Waals surface area contributed by atoms with Crippen molar-refractivity contribution in [3.63, 3.8) is 0 Å². The van der Waals surface area contributed by atoms with Crippen LogP contribution in [0.5, 0.6) is 0 Å². The molecule has 86 valence electrons. The predicted molar refractivity (Wildman–Crippen MR) is 61.7 cm³/mol. The Morgan fingerprint density at radius 2 is 2.50 bits per heavy atom. The van der Waals surface area contributed by atoms with Crippen molar-refractivity contribution in [2.45, 2.75) is 31.8 Å². The van der Waals surface area contributed by atoms with Gasteiger partial charge in [0.15, 0.2) is 0 Å². The van der Waals surface area contributed by atoms with Gasteiger partial charge >= 0.3 is 0 Å². The molecule has 1 aromatic heterocycles. The van der Waals surface area contributed by atoms with Crippen LogP contribution in [0, 0.1) is 0 Å². The first-order valence-corrected chi connectivity index (χ1v) is 5.76. The zero-order chi connectivity index (χ0) is 11.2. The first-order valence-electron chi connectivity index (χ1n) is 5.76. The molecule has 2 rings (SSSR count). The average Bonchev–Trinajstić information content (AvgIpc) is 2.38. The van der Waals surface area contributed by atoms with Crippen LogP contribution in [0.1, 0.15) is 24.8 Å². The Balaban J connectivity index is 1.79. The van der Waals surface area contributed by atoms with Gasteiger partial charge in [0.1, 0.15) is 0 Å². The van der Waals surface area contributed by atoms with Gasteiger partial charge in [-0.05, 0) is 31.0 Å². The van der Waals surface area contributed by atoms with Gasteiger partial charge in [-0.25, -0.2) is 0 Å². The number of carbonyl (C=O) groups excluding carboxylic acids is 1. The van der Waals surface area contributed by atoms with Crippen LogP contribution in [-0.4, -0.2) is 23.5 Å². The molecule has 0 bridgehead atoms. The van der Waals surface area contributed by atoms with Crippen LogP contribution in [0.2, 0.25) is 0 Å². The molecule has 0 aromatic carbocycles. The maximum Gasteiger partial charge on any atom is 0.237 e. The maximum absolute atomic E-state index is 11.8. The van der Waals surface area contributed by atoms with Crippen molar-refractivity contribution in [2.75, 3.05) is 6.54 Å². The summed E-state index contributed by atoms with van der Waals surface area (Å²) in [5.41, 5.74) is 1.03. The minimum absolute atomic E-state index is 0.00887. The number of hydrogen-bond acceptors (Lipinski definition) is 3. The minimum Gasteiger partial charge on any atom is -0.351 e. The van der Waals surface area contributed by atoms with Gasteiger partial charge in [0.25, 0.3) is 0 Å². The van der Waals surface area contributed by atoms with Gasteiger partial charge in [-0.3, -0.25) is 9.78 Å². The Kier molecular flexibility index (Phi) is 3.88. The van der Waals surface area contributed by atoms with Gasteiger partial charge in [-0.15, -0.1) is 0 Å². The van der Waals surface area contributed by atoms with Gasteiger partial charge in [-0.1, -0.05) is 12.5 Å². The second-order valence-corrected chi connectivity index (χ2v) is 4.08. The molecule has 4 heteroatoms. The van der Waals surface area contributed by atoms with Crippen LogP contribution in [-0.2, 0) is 11.3 Å². The van der Waals surface area contributed by atoms with E-state index in [1.807, 2.05) is 12.1 Å². The largest absolute Gasteiger partial charge is 0.351 e. The highest BCUT2D eigenvalue weighted by Crippen LogP contribution is 2.07. The number of pyridine rings is 1. The lowest BCUT2D eigenvalue weighted by molar-refractivity contribution is -0.123. The molecule has 0 aliphatic carbocycles. The number of nitrogens with one attached hydrogen (secondary N) is 2. The fraction of sp³-hybridized carbons (Fsp3) is 0.500. The predicted octanol–water partition coefficient (Wildman–Crippen LogP) is 0.840. The third-order valence-corrected chi connectivity index (χ3v) is 2.82. The molecule has 1 amide bonds. The highest BCUT2D eigenvalue weighted by atomic mass is 16.2. The third-order valence-electron chi connectivity index (χ3n) is 2.82. The van der Waals surface area contributed by atoms with Crippen LogP contribution < -0.4 is 10.6 Å². The first kappa shape index (κ1) is 11.1. The lowest BCUT2D eigenvalue weighted by Gasteiger charge is -2.22. The van der Waals surface area contributed by atoms with Crippen molar-refractivity contribution >= 4 is 5.91 Å². The van der Waals surface area contributed by atoms with Gasteiger partial charge in [0.05, 0.1) is 6.04 Å². The molecule has 0 spiro atoms. The molecule has 0 unspecified atom stereocenters. The Morgan fingerprint density at radius 1 is 1.56 bits per heavy atom. The summed E-state index contributed by atoms with van der Waals surface area (Å²) in [6, 6.07) is 3.83. The summed E-state index contributed by atoms with van der Waals surface area (Å²) >= 11 is 0. The van der Waals surface area contributed by atoms with E-state index in [1.54, 1.807) is 12.4 Å². The van der Waals surface area contributed by atoms with Gasteiger partial charge in [0, 0.05) is 18.9 Å². The molecule has 1 atom stereocenters. The summed E-state index contributed by atoms with van der Waals surface area (Å²) in [7, 11) is 0. The average molecular weight is 219 g/mol. The van der Waals surface area contributed by atoms with E-state index >= 15 is 0 Å². The molecule has 1 aliphatic rings. The molecular formula is C12H17N3O. The summed E-state index contributed by atoms with van der Waals surface area (Å²) in [6.07, 6.45) is 6.76. The number of nitrogens with zero attached hydrogens (tertiary/aromatic N) is 1. The van der Waals surface area contributed by atoms with Crippen molar-refractivity contribution in [2.24, 2.45) is 0 Å². The summed E-state index contributed by atoms with van der Waals surface area (Å²) in [6.45, 7) is 1.51. The molecule has 2 N–H and O–H groups in total. The molecule has 4 nitrogen and oxygen atoms in total. The van der Waals surface area contributed by atoms with E-state index in [9.17, 15) is 4.79 Å². The minimum atomic E-state index is -0.00887. The summed E-state index contributed by atoms with van der Waals surface area (Å²) in [5.74, 6) is 0.101.